The molecule has 0 unspecified atom stereocenters. The molecule has 9 nitrogen and oxygen atoms in total. The molecule has 2 aliphatic heterocycles. The van der Waals surface area contributed by atoms with Gasteiger partial charge in [-0.2, -0.15) is 0 Å². The maximum Gasteiger partial charge on any atom is 0.258 e. The van der Waals surface area contributed by atoms with Crippen molar-refractivity contribution in [2.45, 2.75) is 50.7 Å². The zero-order chi connectivity index (χ0) is 29.0. The fraction of sp³-hybridized carbons (Fsp3) is 0.357. The minimum atomic E-state index is -0.982. The average Bonchev–Trinajstić information content (AvgIpc) is 3.17. The van der Waals surface area contributed by atoms with Gasteiger partial charge in [-0.25, -0.2) is 14.4 Å². The molecule has 1 atom stereocenters. The number of fused-ring (bicyclic) bond motifs is 2. The maximum absolute atomic E-state index is 14.1. The zero-order valence-corrected chi connectivity index (χ0v) is 23.7. The summed E-state index contributed by atoms with van der Waals surface area (Å²) in [7, 11) is 0. The summed E-state index contributed by atoms with van der Waals surface area (Å²) in [4.78, 5) is 36.4. The molecule has 5 rings (SSSR count). The van der Waals surface area contributed by atoms with Gasteiger partial charge in [0.05, 0.1) is 27.9 Å². The smallest absolute Gasteiger partial charge is 0.258 e. The lowest BCUT2D eigenvalue weighted by Crippen LogP contribution is -2.56. The van der Waals surface area contributed by atoms with Crippen LogP contribution >= 0.6 is 23.2 Å². The van der Waals surface area contributed by atoms with Crippen LogP contribution in [0.3, 0.4) is 0 Å². The first-order valence-corrected chi connectivity index (χ1v) is 13.5. The Labute approximate surface area is 241 Å². The van der Waals surface area contributed by atoms with Gasteiger partial charge in [-0.1, -0.05) is 29.3 Å². The number of hydrogen-bond acceptors (Lipinski definition) is 7. The number of anilines is 2. The van der Waals surface area contributed by atoms with Crippen LogP contribution in [0, 0.1) is 5.82 Å². The van der Waals surface area contributed by atoms with Crippen molar-refractivity contribution in [2.24, 2.45) is 5.73 Å². The Balaban J connectivity index is 1.43. The Morgan fingerprint density at radius 3 is 2.60 bits per heavy atom. The van der Waals surface area contributed by atoms with Gasteiger partial charge in [0.25, 0.3) is 5.88 Å². The molecule has 0 bridgehead atoms. The van der Waals surface area contributed by atoms with Crippen molar-refractivity contribution in [3.63, 3.8) is 0 Å². The van der Waals surface area contributed by atoms with E-state index in [-0.39, 0.29) is 39.1 Å². The molecule has 2 aliphatic rings. The summed E-state index contributed by atoms with van der Waals surface area (Å²) < 4.78 is 20.0. The molecule has 0 saturated carbocycles. The van der Waals surface area contributed by atoms with Crippen LogP contribution in [-0.2, 0) is 15.0 Å². The van der Waals surface area contributed by atoms with E-state index in [1.54, 1.807) is 25.7 Å². The largest absolute Gasteiger partial charge is 0.467 e. The highest BCUT2D eigenvalue weighted by Crippen LogP contribution is 2.46. The summed E-state index contributed by atoms with van der Waals surface area (Å²) in [5.74, 6) is -0.796. The van der Waals surface area contributed by atoms with E-state index in [4.69, 9.17) is 39.4 Å². The molecule has 1 spiro atoms. The first-order valence-electron chi connectivity index (χ1n) is 12.8. The molecule has 12 heteroatoms. The fourth-order valence-electron chi connectivity index (χ4n) is 5.32. The van der Waals surface area contributed by atoms with Gasteiger partial charge in [-0.05, 0) is 63.4 Å². The summed E-state index contributed by atoms with van der Waals surface area (Å²) in [6.07, 6.45) is 1.66. The van der Waals surface area contributed by atoms with Crippen molar-refractivity contribution in [3.8, 4) is 17.1 Å². The predicted octanol–water partition coefficient (Wildman–Crippen LogP) is 4.86. The number of nitrogens with two attached hydrogens (primary N) is 2. The molecule has 2 aromatic carbocycles. The van der Waals surface area contributed by atoms with Crippen molar-refractivity contribution in [1.82, 2.24) is 14.9 Å². The molecule has 3 heterocycles. The number of hydrogen-bond donors (Lipinski definition) is 3. The Hall–Kier alpha value is -3.47. The minimum absolute atomic E-state index is 0.0297. The third-order valence-electron chi connectivity index (χ3n) is 7.51. The molecule has 5 N–H and O–H groups in total. The summed E-state index contributed by atoms with van der Waals surface area (Å²) in [5.41, 5.74) is 13.3. The summed E-state index contributed by atoms with van der Waals surface area (Å²) in [6.45, 7) is 5.84. The lowest BCUT2D eigenvalue weighted by molar-refractivity contribution is -0.139. The second kappa shape index (κ2) is 10.2. The number of nitrogen functional groups attached to an aromatic ring is 1. The van der Waals surface area contributed by atoms with Crippen molar-refractivity contribution >= 4 is 46.5 Å². The molecule has 3 aromatic rings. The first kappa shape index (κ1) is 28.1. The molecule has 1 aromatic heterocycles. The van der Waals surface area contributed by atoms with E-state index in [1.807, 2.05) is 18.2 Å². The van der Waals surface area contributed by atoms with Crippen molar-refractivity contribution < 1.29 is 18.7 Å². The molecule has 0 aliphatic carbocycles. The molecular formula is C28H29Cl2FN6O3. The van der Waals surface area contributed by atoms with Crippen LogP contribution in [0.5, 0.6) is 5.88 Å². The molecule has 1 saturated heterocycles. The van der Waals surface area contributed by atoms with Crippen LogP contribution in [0.2, 0.25) is 10.0 Å². The third-order valence-corrected chi connectivity index (χ3v) is 8.22. The summed E-state index contributed by atoms with van der Waals surface area (Å²) in [5, 5.41) is 3.08. The van der Waals surface area contributed by atoms with Gasteiger partial charge in [0.15, 0.2) is 5.82 Å². The van der Waals surface area contributed by atoms with Crippen molar-refractivity contribution in [1.29, 1.82) is 0 Å². The number of ether oxygens (including phenoxy) is 1. The minimum Gasteiger partial charge on any atom is -0.467 e. The highest BCUT2D eigenvalue weighted by molar-refractivity contribution is 6.36. The summed E-state index contributed by atoms with van der Waals surface area (Å²) in [6, 6.07) is 8.13. The van der Waals surface area contributed by atoms with Gasteiger partial charge in [0, 0.05) is 34.9 Å². The third kappa shape index (κ3) is 4.84. The number of nitrogens with zero attached hydrogens (tertiary/aromatic N) is 3. The van der Waals surface area contributed by atoms with Crippen LogP contribution in [0.4, 0.5) is 15.9 Å². The topological polar surface area (TPSA) is 136 Å². The van der Waals surface area contributed by atoms with E-state index in [0.29, 0.717) is 37.2 Å². The van der Waals surface area contributed by atoms with Gasteiger partial charge in [0.1, 0.15) is 11.9 Å². The zero-order valence-electron chi connectivity index (χ0n) is 22.2. The van der Waals surface area contributed by atoms with E-state index in [2.05, 4.69) is 15.3 Å². The average molecular weight is 587 g/mol. The monoisotopic (exact) mass is 586 g/mol. The molecule has 2 amide bonds. The Morgan fingerprint density at radius 1 is 1.23 bits per heavy atom. The van der Waals surface area contributed by atoms with Crippen LogP contribution in [0.25, 0.3) is 11.3 Å². The lowest BCUT2D eigenvalue weighted by atomic mass is 9.73. The van der Waals surface area contributed by atoms with E-state index in [9.17, 15) is 14.0 Å². The normalized spacial score (nSPS) is 17.0. The van der Waals surface area contributed by atoms with Crippen LogP contribution in [0.1, 0.15) is 50.8 Å². The number of nitrogens with one attached hydrogen (secondary N) is 1. The predicted molar refractivity (Wildman–Crippen MR) is 152 cm³/mol. The number of benzene rings is 2. The summed E-state index contributed by atoms with van der Waals surface area (Å²) >= 11 is 12.4. The SMILES string of the molecule is C[C@@H](Oc1nc(-c2ccc3c(c2)C2(CCN(C(=O)C(C)(C)N)CC2)C(=O)N3)cnc1N)c1c(Cl)ccc(F)c1Cl. The van der Waals surface area contributed by atoms with Crippen LogP contribution in [0.15, 0.2) is 36.5 Å². The van der Waals surface area contributed by atoms with E-state index in [0.717, 1.165) is 11.3 Å². The molecule has 0 radical (unpaired) electrons. The molecular weight excluding hydrogens is 558 g/mol. The number of rotatable bonds is 5. The quantitative estimate of drug-likeness (QED) is 0.363. The van der Waals surface area contributed by atoms with Gasteiger partial charge in [-0.15, -0.1) is 0 Å². The van der Waals surface area contributed by atoms with Crippen LogP contribution in [-0.4, -0.2) is 45.3 Å². The van der Waals surface area contributed by atoms with Crippen molar-refractivity contribution in [2.75, 3.05) is 24.1 Å². The van der Waals surface area contributed by atoms with E-state index >= 15 is 0 Å². The van der Waals surface area contributed by atoms with Gasteiger partial charge < -0.3 is 26.4 Å². The van der Waals surface area contributed by atoms with E-state index < -0.39 is 22.9 Å². The number of piperidine rings is 1. The first-order chi connectivity index (χ1) is 18.8. The molecule has 210 valence electrons. The number of halogens is 3. The standard InChI is InChI=1S/C28H29Cl2FN6O3/c1-14(21-17(29)5-6-18(31)22(21)30)40-24-23(32)34-13-20(35-24)15-4-7-19-16(12-15)28(25(38)36-19)8-10-37(11-9-28)26(39)27(2,3)33/h4-7,12-14H,8-11,33H2,1-3H3,(H2,32,34)(H,36,38)/t14-/m1/s1. The number of carbonyl (C=O) groups excluding carboxylic acids is 2. The Bertz CT molecular complexity index is 1520. The van der Waals surface area contributed by atoms with Gasteiger partial charge in [-0.3, -0.25) is 9.59 Å². The number of aromatic nitrogens is 2. The Morgan fingerprint density at radius 2 is 1.93 bits per heavy atom. The second-order valence-electron chi connectivity index (χ2n) is 10.8. The highest BCUT2D eigenvalue weighted by Gasteiger charge is 2.49. The number of carbonyl (C=O) groups is 2. The van der Waals surface area contributed by atoms with E-state index in [1.165, 1.54) is 18.3 Å². The molecule has 1 fully saturated rings. The maximum atomic E-state index is 14.1. The lowest BCUT2D eigenvalue weighted by Gasteiger charge is -2.40. The van der Waals surface area contributed by atoms with Crippen molar-refractivity contribution in [3.05, 3.63) is 63.5 Å². The number of amides is 2. The Kier molecular flexibility index (Phi) is 7.14. The van der Waals surface area contributed by atoms with Gasteiger partial charge in [0.2, 0.25) is 11.8 Å². The van der Waals surface area contributed by atoms with Crippen LogP contribution < -0.4 is 21.5 Å². The second-order valence-corrected chi connectivity index (χ2v) is 11.6. The van der Waals surface area contributed by atoms with Gasteiger partial charge >= 0.3 is 0 Å². The number of likely N-dealkylation sites (tertiary alicyclic amines) is 1. The molecule has 40 heavy (non-hydrogen) atoms. The fourth-order valence-corrected chi connectivity index (χ4v) is 6.00. The highest BCUT2D eigenvalue weighted by atomic mass is 35.5.